The van der Waals surface area contributed by atoms with Crippen LogP contribution >= 0.6 is 0 Å². The van der Waals surface area contributed by atoms with Crippen molar-refractivity contribution < 1.29 is 14.8 Å². The number of nitrogens with zero attached hydrogens (tertiary/aromatic N) is 2. The quantitative estimate of drug-likeness (QED) is 0.661. The van der Waals surface area contributed by atoms with Crippen LogP contribution in [0.4, 0.5) is 5.82 Å². The number of rotatable bonds is 4. The van der Waals surface area contributed by atoms with Crippen LogP contribution in [0, 0.1) is 0 Å². The minimum atomic E-state index is -1.61. The predicted octanol–water partition coefficient (Wildman–Crippen LogP) is -0.121. The number of pyridine rings is 2. The third kappa shape index (κ3) is 3.21. The lowest BCUT2D eigenvalue weighted by molar-refractivity contribution is 0.227. The molecule has 0 aliphatic carbocycles. The highest BCUT2D eigenvalue weighted by Crippen LogP contribution is 2.24. The third-order valence-corrected chi connectivity index (χ3v) is 2.66. The summed E-state index contributed by atoms with van der Waals surface area (Å²) in [5.74, 6) is 0.502. The van der Waals surface area contributed by atoms with Crippen molar-refractivity contribution in [1.82, 2.24) is 9.97 Å². The average Bonchev–Trinajstić information content (AvgIpc) is 2.42. The number of ether oxygens (including phenoxy) is 1. The summed E-state index contributed by atoms with van der Waals surface area (Å²) in [6, 6.07) is 5.15. The van der Waals surface area contributed by atoms with Crippen LogP contribution in [-0.4, -0.2) is 27.1 Å². The number of aromatic nitrogens is 2. The highest BCUT2D eigenvalue weighted by Gasteiger charge is 2.16. The van der Waals surface area contributed by atoms with Gasteiger partial charge in [-0.15, -0.1) is 0 Å². The van der Waals surface area contributed by atoms with Gasteiger partial charge in [0, 0.05) is 29.6 Å². The van der Waals surface area contributed by atoms with Gasteiger partial charge in [0.1, 0.15) is 6.10 Å². The first-order valence-electron chi connectivity index (χ1n) is 5.76. The minimum Gasteiger partial charge on any atom is -0.482 e. The van der Waals surface area contributed by atoms with Crippen molar-refractivity contribution in [2.75, 3.05) is 5.73 Å². The third-order valence-electron chi connectivity index (χ3n) is 2.66. The van der Waals surface area contributed by atoms with Crippen LogP contribution in [0.5, 0.6) is 5.75 Å². The Morgan fingerprint density at radius 3 is 2.79 bits per heavy atom. The molecule has 2 heterocycles. The number of hydrogen-bond acceptors (Lipinski definition) is 6. The van der Waals surface area contributed by atoms with E-state index in [0.29, 0.717) is 5.75 Å². The van der Waals surface area contributed by atoms with E-state index >= 15 is 0 Å². The van der Waals surface area contributed by atoms with Gasteiger partial charge < -0.3 is 20.5 Å². The molecule has 0 spiro atoms. The molecule has 19 heavy (non-hydrogen) atoms. The Balaban J connectivity index is 2.21. The Labute approximate surface area is 111 Å². The van der Waals surface area contributed by atoms with Crippen LogP contribution in [0.25, 0.3) is 0 Å². The molecule has 1 atom stereocenters. The van der Waals surface area contributed by atoms with E-state index in [0.717, 1.165) is 5.56 Å². The maximum atomic E-state index is 9.10. The summed E-state index contributed by atoms with van der Waals surface area (Å²) in [5, 5.41) is 18.2. The Hall–Kier alpha value is -2.12. The van der Waals surface area contributed by atoms with Crippen LogP contribution in [-0.2, 0) is 0 Å². The van der Waals surface area contributed by atoms with E-state index in [-0.39, 0.29) is 17.4 Å². The zero-order chi connectivity index (χ0) is 13.8. The largest absolute Gasteiger partial charge is 0.490 e. The SMILES string of the molecule is C[C@@H](Oc1cc(B(O)O)cnc1N)c1cccnc1. The number of hydrogen-bond donors (Lipinski definition) is 3. The van der Waals surface area contributed by atoms with Gasteiger partial charge in [-0.1, -0.05) is 6.07 Å². The number of nitrogen functional groups attached to an aromatic ring is 1. The molecule has 2 aromatic heterocycles. The summed E-state index contributed by atoms with van der Waals surface area (Å²) in [6.07, 6.45) is 4.39. The van der Waals surface area contributed by atoms with E-state index in [4.69, 9.17) is 20.5 Å². The molecule has 6 nitrogen and oxygen atoms in total. The summed E-state index contributed by atoms with van der Waals surface area (Å²) >= 11 is 0. The summed E-state index contributed by atoms with van der Waals surface area (Å²) < 4.78 is 5.67. The van der Waals surface area contributed by atoms with Gasteiger partial charge in [-0.2, -0.15) is 0 Å². The lowest BCUT2D eigenvalue weighted by Crippen LogP contribution is -2.30. The van der Waals surface area contributed by atoms with Crippen molar-refractivity contribution in [2.24, 2.45) is 0 Å². The van der Waals surface area contributed by atoms with Gasteiger partial charge in [-0.3, -0.25) is 4.98 Å². The maximum Gasteiger partial charge on any atom is 0.490 e. The van der Waals surface area contributed by atoms with E-state index in [1.54, 1.807) is 12.4 Å². The lowest BCUT2D eigenvalue weighted by Gasteiger charge is -2.16. The molecule has 98 valence electrons. The number of nitrogens with two attached hydrogens (primary N) is 1. The van der Waals surface area contributed by atoms with Crippen molar-refractivity contribution in [3.8, 4) is 5.75 Å². The molecule has 0 aliphatic rings. The Morgan fingerprint density at radius 1 is 1.37 bits per heavy atom. The minimum absolute atomic E-state index is 0.195. The van der Waals surface area contributed by atoms with Crippen LogP contribution in [0.1, 0.15) is 18.6 Å². The Morgan fingerprint density at radius 2 is 2.16 bits per heavy atom. The molecule has 0 saturated heterocycles. The fourth-order valence-corrected chi connectivity index (χ4v) is 1.58. The van der Waals surface area contributed by atoms with Gasteiger partial charge in [0.15, 0.2) is 11.6 Å². The molecule has 0 bridgehead atoms. The smallest absolute Gasteiger partial charge is 0.482 e. The van der Waals surface area contributed by atoms with Gasteiger partial charge in [0.05, 0.1) is 0 Å². The van der Waals surface area contributed by atoms with Crippen molar-refractivity contribution in [2.45, 2.75) is 13.0 Å². The van der Waals surface area contributed by atoms with Gasteiger partial charge in [0.2, 0.25) is 0 Å². The fraction of sp³-hybridized carbons (Fsp3) is 0.167. The van der Waals surface area contributed by atoms with E-state index in [9.17, 15) is 0 Å². The van der Waals surface area contributed by atoms with Crippen molar-refractivity contribution >= 4 is 18.4 Å². The molecule has 4 N–H and O–H groups in total. The summed E-state index contributed by atoms with van der Waals surface area (Å²) in [6.45, 7) is 1.85. The van der Waals surface area contributed by atoms with E-state index in [1.807, 2.05) is 19.1 Å². The van der Waals surface area contributed by atoms with Crippen molar-refractivity contribution in [3.05, 3.63) is 42.4 Å². The molecule has 2 rings (SSSR count). The van der Waals surface area contributed by atoms with Crippen molar-refractivity contribution in [1.29, 1.82) is 0 Å². The molecule has 0 unspecified atom stereocenters. The molecule has 0 fully saturated rings. The van der Waals surface area contributed by atoms with E-state index < -0.39 is 7.12 Å². The van der Waals surface area contributed by atoms with E-state index in [2.05, 4.69) is 9.97 Å². The zero-order valence-corrected chi connectivity index (χ0v) is 10.4. The van der Waals surface area contributed by atoms with Gasteiger partial charge in [-0.25, -0.2) is 4.98 Å². The molecule has 2 aromatic rings. The molecule has 0 aromatic carbocycles. The highest BCUT2D eigenvalue weighted by molar-refractivity contribution is 6.58. The topological polar surface area (TPSA) is 101 Å². The average molecular weight is 259 g/mol. The van der Waals surface area contributed by atoms with Crippen molar-refractivity contribution in [3.63, 3.8) is 0 Å². The second kappa shape index (κ2) is 5.68. The van der Waals surface area contributed by atoms with Gasteiger partial charge in [0.25, 0.3) is 0 Å². The molecule has 0 saturated carbocycles. The summed E-state index contributed by atoms with van der Waals surface area (Å²) in [5.41, 5.74) is 6.81. The number of anilines is 1. The highest BCUT2D eigenvalue weighted by atomic mass is 16.5. The van der Waals surface area contributed by atoms with Crippen LogP contribution in [0.2, 0.25) is 0 Å². The zero-order valence-electron chi connectivity index (χ0n) is 10.4. The predicted molar refractivity (Wildman–Crippen MR) is 71.8 cm³/mol. The second-order valence-electron chi connectivity index (χ2n) is 4.07. The molecule has 0 radical (unpaired) electrons. The molecular weight excluding hydrogens is 245 g/mol. The second-order valence-corrected chi connectivity index (χ2v) is 4.07. The van der Waals surface area contributed by atoms with Crippen LogP contribution in [0.3, 0.4) is 0 Å². The molecule has 0 aliphatic heterocycles. The maximum absolute atomic E-state index is 9.10. The fourth-order valence-electron chi connectivity index (χ4n) is 1.58. The van der Waals surface area contributed by atoms with E-state index in [1.165, 1.54) is 12.3 Å². The summed E-state index contributed by atoms with van der Waals surface area (Å²) in [7, 11) is -1.61. The molecule has 0 amide bonds. The molecular formula is C12H14BN3O3. The first kappa shape index (κ1) is 13.3. The van der Waals surface area contributed by atoms with Gasteiger partial charge in [-0.05, 0) is 19.1 Å². The first-order valence-corrected chi connectivity index (χ1v) is 5.76. The lowest BCUT2D eigenvalue weighted by atomic mass is 9.81. The standard InChI is InChI=1S/C12H14BN3O3/c1-8(9-3-2-4-15-6-9)19-11-5-10(13(17)18)7-16-12(11)14/h2-8,17-18H,1H3,(H2,14,16)/t8-/m1/s1. The monoisotopic (exact) mass is 259 g/mol. The Bertz CT molecular complexity index is 551. The summed E-state index contributed by atoms with van der Waals surface area (Å²) in [4.78, 5) is 7.87. The Kier molecular flexibility index (Phi) is 3.98. The van der Waals surface area contributed by atoms with Crippen LogP contribution < -0.4 is 15.9 Å². The first-order chi connectivity index (χ1) is 9.08. The van der Waals surface area contributed by atoms with Gasteiger partial charge >= 0.3 is 7.12 Å². The normalized spacial score (nSPS) is 11.9. The molecule has 7 heteroatoms. The van der Waals surface area contributed by atoms with Crippen LogP contribution in [0.15, 0.2) is 36.8 Å².